The maximum atomic E-state index is 12.4. The number of aromatic nitrogens is 1. The van der Waals surface area contributed by atoms with E-state index in [-0.39, 0.29) is 24.7 Å². The molecule has 0 saturated heterocycles. The Hall–Kier alpha value is -2.84. The van der Waals surface area contributed by atoms with Gasteiger partial charge in [-0.25, -0.2) is 4.98 Å². The van der Waals surface area contributed by atoms with Crippen molar-refractivity contribution in [3.05, 3.63) is 77.3 Å². The van der Waals surface area contributed by atoms with Crippen molar-refractivity contribution in [2.45, 2.75) is 24.3 Å². The predicted octanol–water partition coefficient (Wildman–Crippen LogP) is 3.95. The van der Waals surface area contributed by atoms with Gasteiger partial charge in [0, 0.05) is 52.4 Å². The second kappa shape index (κ2) is 10.6. The second-order valence-corrected chi connectivity index (χ2v) is 8.70. The van der Waals surface area contributed by atoms with Crippen LogP contribution in [-0.4, -0.2) is 21.0 Å². The zero-order valence-corrected chi connectivity index (χ0v) is 17.3. The number of carbonyl (C=O) groups excluding carboxylic acids is 2. The Kier molecular flexibility index (Phi) is 7.66. The Morgan fingerprint density at radius 3 is 2.31 bits per heavy atom. The van der Waals surface area contributed by atoms with Gasteiger partial charge in [0.25, 0.3) is 0 Å². The molecule has 0 bridgehead atoms. The fourth-order valence-corrected chi connectivity index (χ4v) is 4.42. The minimum Gasteiger partial charge on any atom is -0.326 e. The summed E-state index contributed by atoms with van der Waals surface area (Å²) < 4.78 is 12.4. The fraction of sp³-hybridized carbons (Fsp3) is 0.190. The summed E-state index contributed by atoms with van der Waals surface area (Å²) in [5.41, 5.74) is 2.55. The molecule has 1 heterocycles. The van der Waals surface area contributed by atoms with E-state index in [2.05, 4.69) is 15.6 Å². The number of benzene rings is 2. The van der Waals surface area contributed by atoms with E-state index in [1.54, 1.807) is 17.6 Å². The van der Waals surface area contributed by atoms with Gasteiger partial charge in [-0.2, -0.15) is 0 Å². The number of amides is 2. The van der Waals surface area contributed by atoms with E-state index in [0.29, 0.717) is 22.3 Å². The number of hydrogen-bond acceptors (Lipinski definition) is 5. The molecule has 2 aromatic carbocycles. The number of hydrogen-bond donors (Lipinski definition) is 2. The van der Waals surface area contributed by atoms with Crippen molar-refractivity contribution in [2.24, 2.45) is 0 Å². The third-order valence-electron chi connectivity index (χ3n) is 3.97. The van der Waals surface area contributed by atoms with E-state index in [1.807, 2.05) is 48.5 Å². The summed E-state index contributed by atoms with van der Waals surface area (Å²) in [5, 5.41) is 7.72. The zero-order chi connectivity index (χ0) is 20.5. The zero-order valence-electron chi connectivity index (χ0n) is 15.7. The lowest BCUT2D eigenvalue weighted by Gasteiger charge is -2.08. The molecule has 2 N–H and O–H groups in total. The van der Waals surface area contributed by atoms with Gasteiger partial charge >= 0.3 is 0 Å². The Balaban J connectivity index is 1.46. The highest BCUT2D eigenvalue weighted by Gasteiger charge is 2.10. The highest BCUT2D eigenvalue weighted by atomic mass is 32.2. The lowest BCUT2D eigenvalue weighted by atomic mass is 10.2. The Morgan fingerprint density at radius 1 is 0.897 bits per heavy atom. The molecule has 1 unspecified atom stereocenters. The minimum absolute atomic E-state index is 0.0708. The summed E-state index contributed by atoms with van der Waals surface area (Å²) in [6.07, 6.45) is 1.75. The Labute approximate surface area is 175 Å². The monoisotopic (exact) mass is 427 g/mol. The van der Waals surface area contributed by atoms with Gasteiger partial charge in [0.2, 0.25) is 11.8 Å². The topological polar surface area (TPSA) is 88.2 Å². The van der Waals surface area contributed by atoms with E-state index in [4.69, 9.17) is 0 Å². The quantitative estimate of drug-likeness (QED) is 0.541. The summed E-state index contributed by atoms with van der Waals surface area (Å²) in [5.74, 6) is 0.405. The van der Waals surface area contributed by atoms with Crippen LogP contribution in [-0.2, 0) is 31.9 Å². The molecule has 0 saturated carbocycles. The van der Waals surface area contributed by atoms with Crippen LogP contribution in [0.3, 0.4) is 0 Å². The average Bonchev–Trinajstić information content (AvgIpc) is 3.20. The predicted molar refractivity (Wildman–Crippen MR) is 117 cm³/mol. The first-order valence-electron chi connectivity index (χ1n) is 9.05. The molecule has 0 aliphatic rings. The van der Waals surface area contributed by atoms with Crippen molar-refractivity contribution in [1.82, 2.24) is 4.98 Å². The molecule has 0 aliphatic carbocycles. The first-order valence-corrected chi connectivity index (χ1v) is 11.4. The van der Waals surface area contributed by atoms with Crippen LogP contribution in [0.5, 0.6) is 0 Å². The summed E-state index contributed by atoms with van der Waals surface area (Å²) in [4.78, 5) is 27.9. The number of thiazole rings is 1. The molecular formula is C21H21N3O3S2. The number of nitrogens with zero attached hydrogens (tertiary/aromatic N) is 1. The second-order valence-electron chi connectivity index (χ2n) is 6.35. The third kappa shape index (κ3) is 7.24. The van der Waals surface area contributed by atoms with E-state index >= 15 is 0 Å². The summed E-state index contributed by atoms with van der Waals surface area (Å²) >= 11 is 1.33. The van der Waals surface area contributed by atoms with E-state index in [0.717, 1.165) is 11.1 Å². The van der Waals surface area contributed by atoms with Crippen molar-refractivity contribution in [3.63, 3.8) is 0 Å². The molecule has 29 heavy (non-hydrogen) atoms. The first-order chi connectivity index (χ1) is 14.1. The van der Waals surface area contributed by atoms with Gasteiger partial charge in [0.15, 0.2) is 5.13 Å². The molecule has 0 fully saturated rings. The van der Waals surface area contributed by atoms with Gasteiger partial charge in [-0.3, -0.25) is 13.8 Å². The summed E-state index contributed by atoms with van der Waals surface area (Å²) in [6, 6.07) is 17.0. The highest BCUT2D eigenvalue weighted by molar-refractivity contribution is 7.83. The molecular weight excluding hydrogens is 406 g/mol. The van der Waals surface area contributed by atoms with Crippen molar-refractivity contribution >= 4 is 44.8 Å². The molecule has 3 rings (SSSR count). The smallest absolute Gasteiger partial charge is 0.226 e. The van der Waals surface area contributed by atoms with Crippen molar-refractivity contribution in [1.29, 1.82) is 0 Å². The number of rotatable bonds is 9. The molecule has 2 amide bonds. The molecule has 1 atom stereocenters. The van der Waals surface area contributed by atoms with Crippen molar-refractivity contribution < 1.29 is 13.8 Å². The van der Waals surface area contributed by atoms with Crippen molar-refractivity contribution in [2.75, 3.05) is 10.6 Å². The van der Waals surface area contributed by atoms with Gasteiger partial charge in [-0.1, -0.05) is 42.5 Å². The van der Waals surface area contributed by atoms with Crippen LogP contribution >= 0.6 is 11.3 Å². The molecule has 0 spiro atoms. The Bertz CT molecular complexity index is 976. The van der Waals surface area contributed by atoms with Crippen LogP contribution < -0.4 is 10.6 Å². The molecule has 8 heteroatoms. The summed E-state index contributed by atoms with van der Waals surface area (Å²) in [6.45, 7) is 0. The van der Waals surface area contributed by atoms with Gasteiger partial charge in [0.05, 0.1) is 0 Å². The highest BCUT2D eigenvalue weighted by Crippen LogP contribution is 2.15. The van der Waals surface area contributed by atoms with Gasteiger partial charge < -0.3 is 10.6 Å². The number of nitrogens with one attached hydrogen (secondary N) is 2. The number of anilines is 2. The van der Waals surface area contributed by atoms with Gasteiger partial charge in [0.1, 0.15) is 0 Å². The molecule has 1 aromatic heterocycles. The van der Waals surface area contributed by atoms with Crippen LogP contribution in [0, 0.1) is 0 Å². The van der Waals surface area contributed by atoms with E-state index in [9.17, 15) is 13.8 Å². The fourth-order valence-electron chi connectivity index (χ4n) is 2.65. The summed E-state index contributed by atoms with van der Waals surface area (Å²) in [7, 11) is -1.04. The number of carbonyl (C=O) groups is 2. The van der Waals surface area contributed by atoms with E-state index < -0.39 is 10.8 Å². The van der Waals surface area contributed by atoms with Crippen molar-refractivity contribution in [3.8, 4) is 0 Å². The average molecular weight is 428 g/mol. The van der Waals surface area contributed by atoms with E-state index in [1.165, 1.54) is 11.3 Å². The molecule has 150 valence electrons. The molecule has 0 aliphatic heterocycles. The van der Waals surface area contributed by atoms with Gasteiger partial charge in [-0.05, 0) is 23.3 Å². The third-order valence-corrected chi connectivity index (χ3v) is 5.97. The Morgan fingerprint density at radius 2 is 1.59 bits per heavy atom. The largest absolute Gasteiger partial charge is 0.326 e. The lowest BCUT2D eigenvalue weighted by molar-refractivity contribution is -0.121. The maximum Gasteiger partial charge on any atom is 0.226 e. The lowest BCUT2D eigenvalue weighted by Crippen LogP contribution is -2.17. The molecule has 3 aromatic rings. The molecule has 6 nitrogen and oxygen atoms in total. The van der Waals surface area contributed by atoms with Crippen LogP contribution in [0.2, 0.25) is 0 Å². The minimum atomic E-state index is -1.04. The van der Waals surface area contributed by atoms with Crippen LogP contribution in [0.15, 0.2) is 66.2 Å². The first kappa shape index (κ1) is 20.9. The van der Waals surface area contributed by atoms with Crippen LogP contribution in [0.1, 0.15) is 24.0 Å². The normalized spacial score (nSPS) is 11.6. The van der Waals surface area contributed by atoms with Crippen LogP contribution in [0.25, 0.3) is 0 Å². The maximum absolute atomic E-state index is 12.4. The van der Waals surface area contributed by atoms with Gasteiger partial charge in [-0.15, -0.1) is 11.3 Å². The molecule has 0 radical (unpaired) electrons. The SMILES string of the molecule is O=C(CCC(=O)Nc1nccs1)Nc1cccc(CS(=O)Cc2ccccc2)c1. The standard InChI is InChI=1S/C21H21N3O3S2/c25-19(9-10-20(26)24-21-22-11-12-28-21)23-18-8-4-7-17(13-18)15-29(27)14-16-5-2-1-3-6-16/h1-8,11-13H,9-10,14-15H2,(H,23,25)(H,22,24,26). The van der Waals surface area contributed by atoms with Crippen LogP contribution in [0.4, 0.5) is 10.8 Å².